The fourth-order valence-electron chi connectivity index (χ4n) is 1.86. The molecule has 1 heterocycles. The number of rotatable bonds is 4. The van der Waals surface area contributed by atoms with E-state index < -0.39 is 5.54 Å². The molecule has 0 saturated heterocycles. The Morgan fingerprint density at radius 1 is 1.26 bits per heavy atom. The van der Waals surface area contributed by atoms with Crippen LogP contribution < -0.4 is 11.1 Å². The molecule has 2 rings (SSSR count). The highest BCUT2D eigenvalue weighted by atomic mass is 16.3. The summed E-state index contributed by atoms with van der Waals surface area (Å²) in [5, 5.41) is 13.0. The maximum absolute atomic E-state index is 9.72. The largest absolute Gasteiger partial charge is 0.394 e. The molecule has 0 aliphatic carbocycles. The van der Waals surface area contributed by atoms with Gasteiger partial charge in [0.2, 0.25) is 0 Å². The van der Waals surface area contributed by atoms with E-state index in [1.165, 1.54) is 6.33 Å². The molecule has 100 valence electrons. The number of benzene rings is 1. The number of nitrogens with one attached hydrogen (secondary N) is 1. The fourth-order valence-corrected chi connectivity index (χ4v) is 1.86. The van der Waals surface area contributed by atoms with Gasteiger partial charge >= 0.3 is 0 Å². The lowest BCUT2D eigenvalue weighted by Gasteiger charge is -2.30. The zero-order valence-corrected chi connectivity index (χ0v) is 11.1. The lowest BCUT2D eigenvalue weighted by atomic mass is 9.93. The van der Waals surface area contributed by atoms with Crippen molar-refractivity contribution < 1.29 is 5.11 Å². The van der Waals surface area contributed by atoms with Crippen LogP contribution in [0.2, 0.25) is 0 Å². The average Bonchev–Trinajstić information content (AvgIpc) is 2.45. The van der Waals surface area contributed by atoms with Gasteiger partial charge in [-0.05, 0) is 19.4 Å². The van der Waals surface area contributed by atoms with Gasteiger partial charge in [-0.3, -0.25) is 0 Å². The number of anilines is 2. The average molecular weight is 258 g/mol. The number of hydrogen-bond acceptors (Lipinski definition) is 5. The topological polar surface area (TPSA) is 84.1 Å². The first-order valence-electron chi connectivity index (χ1n) is 6.08. The predicted octanol–water partition coefficient (Wildman–Crippen LogP) is 1.69. The lowest BCUT2D eigenvalue weighted by Crippen LogP contribution is -2.36. The van der Waals surface area contributed by atoms with E-state index in [4.69, 9.17) is 5.73 Å². The normalized spacial score (nSPS) is 13.8. The molecule has 0 aliphatic rings. The molecule has 5 heteroatoms. The summed E-state index contributed by atoms with van der Waals surface area (Å²) in [6.07, 6.45) is 1.41. The van der Waals surface area contributed by atoms with E-state index in [9.17, 15) is 5.11 Å². The van der Waals surface area contributed by atoms with E-state index in [0.29, 0.717) is 11.6 Å². The number of nitrogen functional groups attached to an aromatic ring is 1. The van der Waals surface area contributed by atoms with Crippen LogP contribution in [0.25, 0.3) is 0 Å². The summed E-state index contributed by atoms with van der Waals surface area (Å²) in [7, 11) is 0. The Hall–Kier alpha value is -2.14. The Balaban J connectivity index is 2.36. The second-order valence-corrected chi connectivity index (χ2v) is 4.71. The quantitative estimate of drug-likeness (QED) is 0.777. The third-order valence-electron chi connectivity index (χ3n) is 3.24. The minimum absolute atomic E-state index is 0.0552. The smallest absolute Gasteiger partial charge is 0.135 e. The van der Waals surface area contributed by atoms with Crippen LogP contribution in [-0.2, 0) is 5.54 Å². The molecule has 19 heavy (non-hydrogen) atoms. The second kappa shape index (κ2) is 5.24. The van der Waals surface area contributed by atoms with Gasteiger partial charge in [0.15, 0.2) is 0 Å². The molecule has 2 aromatic rings. The Morgan fingerprint density at radius 2 is 1.95 bits per heavy atom. The van der Waals surface area contributed by atoms with E-state index in [1.807, 2.05) is 44.2 Å². The summed E-state index contributed by atoms with van der Waals surface area (Å²) in [6.45, 7) is 3.71. The number of aromatic nitrogens is 2. The van der Waals surface area contributed by atoms with Crippen molar-refractivity contribution in [2.24, 2.45) is 0 Å². The van der Waals surface area contributed by atoms with E-state index >= 15 is 0 Å². The molecule has 0 spiro atoms. The summed E-state index contributed by atoms with van der Waals surface area (Å²) in [5.74, 6) is 1.07. The van der Waals surface area contributed by atoms with Crippen LogP contribution in [0.5, 0.6) is 0 Å². The molecular formula is C14H18N4O. The summed E-state index contributed by atoms with van der Waals surface area (Å²) in [5.41, 5.74) is 6.90. The van der Waals surface area contributed by atoms with E-state index in [2.05, 4.69) is 15.3 Å². The van der Waals surface area contributed by atoms with E-state index in [1.54, 1.807) is 0 Å². The van der Waals surface area contributed by atoms with Gasteiger partial charge < -0.3 is 16.2 Å². The van der Waals surface area contributed by atoms with Crippen LogP contribution in [-0.4, -0.2) is 21.7 Å². The van der Waals surface area contributed by atoms with Crippen LogP contribution >= 0.6 is 0 Å². The molecule has 0 saturated carbocycles. The van der Waals surface area contributed by atoms with Gasteiger partial charge in [-0.15, -0.1) is 0 Å². The first-order chi connectivity index (χ1) is 9.07. The van der Waals surface area contributed by atoms with Crippen molar-refractivity contribution in [3.8, 4) is 0 Å². The first-order valence-corrected chi connectivity index (χ1v) is 6.08. The standard InChI is InChI=1S/C14H18N4O/c1-10-12(15)16-9-17-13(10)18-14(2,8-19)11-6-4-3-5-7-11/h3-7,9,19H,8H2,1-2H3,(H3,15,16,17,18). The van der Waals surface area contributed by atoms with Crippen LogP contribution in [0.15, 0.2) is 36.7 Å². The minimum atomic E-state index is -0.618. The van der Waals surface area contributed by atoms with Gasteiger partial charge in [-0.2, -0.15) is 0 Å². The van der Waals surface area contributed by atoms with E-state index in [-0.39, 0.29) is 6.61 Å². The first kappa shape index (κ1) is 13.3. The highest BCUT2D eigenvalue weighted by Gasteiger charge is 2.26. The summed E-state index contributed by atoms with van der Waals surface area (Å²) in [6, 6.07) is 9.74. The highest BCUT2D eigenvalue weighted by Crippen LogP contribution is 2.27. The Kier molecular flexibility index (Phi) is 3.66. The summed E-state index contributed by atoms with van der Waals surface area (Å²) in [4.78, 5) is 8.12. The zero-order valence-electron chi connectivity index (χ0n) is 11.1. The molecule has 0 radical (unpaired) electrons. The van der Waals surface area contributed by atoms with Crippen LogP contribution in [0.1, 0.15) is 18.1 Å². The fraction of sp³-hybridized carbons (Fsp3) is 0.286. The van der Waals surface area contributed by atoms with Gasteiger partial charge in [0.25, 0.3) is 0 Å². The molecule has 1 aromatic carbocycles. The molecule has 0 fully saturated rings. The maximum Gasteiger partial charge on any atom is 0.135 e. The monoisotopic (exact) mass is 258 g/mol. The molecule has 0 amide bonds. The van der Waals surface area contributed by atoms with Crippen molar-refractivity contribution in [3.05, 3.63) is 47.8 Å². The zero-order chi connectivity index (χ0) is 13.9. The molecule has 1 unspecified atom stereocenters. The van der Waals surface area contributed by atoms with Crippen LogP contribution in [0.4, 0.5) is 11.6 Å². The third-order valence-corrected chi connectivity index (χ3v) is 3.24. The SMILES string of the molecule is Cc1c(N)ncnc1NC(C)(CO)c1ccccc1. The van der Waals surface area contributed by atoms with Crippen molar-refractivity contribution >= 4 is 11.6 Å². The van der Waals surface area contributed by atoms with Gasteiger partial charge in [-0.25, -0.2) is 9.97 Å². The number of aliphatic hydroxyl groups excluding tert-OH is 1. The molecular weight excluding hydrogens is 240 g/mol. The highest BCUT2D eigenvalue weighted by molar-refractivity contribution is 5.55. The van der Waals surface area contributed by atoms with Crippen molar-refractivity contribution in [2.45, 2.75) is 19.4 Å². The molecule has 1 atom stereocenters. The van der Waals surface area contributed by atoms with Crippen LogP contribution in [0.3, 0.4) is 0 Å². The maximum atomic E-state index is 9.72. The lowest BCUT2D eigenvalue weighted by molar-refractivity contribution is 0.223. The van der Waals surface area contributed by atoms with Crippen molar-refractivity contribution in [3.63, 3.8) is 0 Å². The van der Waals surface area contributed by atoms with Gasteiger partial charge in [-0.1, -0.05) is 30.3 Å². The Bertz CT molecular complexity index is 559. The number of nitrogens with zero attached hydrogens (tertiary/aromatic N) is 2. The number of aliphatic hydroxyl groups is 1. The van der Waals surface area contributed by atoms with Gasteiger partial charge in [0.05, 0.1) is 12.1 Å². The number of nitrogens with two attached hydrogens (primary N) is 1. The van der Waals surface area contributed by atoms with Crippen LogP contribution in [0, 0.1) is 6.92 Å². The summed E-state index contributed by atoms with van der Waals surface area (Å²) >= 11 is 0. The third kappa shape index (κ3) is 2.66. The summed E-state index contributed by atoms with van der Waals surface area (Å²) < 4.78 is 0. The molecule has 5 nitrogen and oxygen atoms in total. The molecule has 0 aliphatic heterocycles. The number of hydrogen-bond donors (Lipinski definition) is 3. The van der Waals surface area contributed by atoms with Gasteiger partial charge in [0, 0.05) is 5.56 Å². The van der Waals surface area contributed by atoms with E-state index in [0.717, 1.165) is 11.1 Å². The van der Waals surface area contributed by atoms with Crippen molar-refractivity contribution in [1.29, 1.82) is 0 Å². The van der Waals surface area contributed by atoms with Gasteiger partial charge in [0.1, 0.15) is 18.0 Å². The predicted molar refractivity (Wildman–Crippen MR) is 75.7 cm³/mol. The molecule has 0 bridgehead atoms. The minimum Gasteiger partial charge on any atom is -0.394 e. The molecule has 4 N–H and O–H groups in total. The Labute approximate surface area is 112 Å². The van der Waals surface area contributed by atoms with Crippen molar-refractivity contribution in [1.82, 2.24) is 9.97 Å². The second-order valence-electron chi connectivity index (χ2n) is 4.71. The van der Waals surface area contributed by atoms with Crippen molar-refractivity contribution in [2.75, 3.05) is 17.7 Å². The Morgan fingerprint density at radius 3 is 2.58 bits per heavy atom. The molecule has 1 aromatic heterocycles.